The number of thioether (sulfide) groups is 1. The molecule has 0 spiro atoms. The maximum atomic E-state index is 3.73. The highest BCUT2D eigenvalue weighted by Crippen LogP contribution is 2.33. The quantitative estimate of drug-likeness (QED) is 0.687. The lowest BCUT2D eigenvalue weighted by atomic mass is 9.75. The zero-order valence-corrected chi connectivity index (χ0v) is 14.6. The van der Waals surface area contributed by atoms with Gasteiger partial charge >= 0.3 is 0 Å². The van der Waals surface area contributed by atoms with Crippen LogP contribution in [0.1, 0.15) is 53.0 Å². The SMILES string of the molecule is CCSCCC(CC)(CNC(C)(C)C)c1ccccc1. The van der Waals surface area contributed by atoms with Crippen molar-refractivity contribution in [2.24, 2.45) is 0 Å². The molecular weight excluding hydrogens is 262 g/mol. The van der Waals surface area contributed by atoms with E-state index >= 15 is 0 Å². The van der Waals surface area contributed by atoms with Crippen LogP contribution in [-0.4, -0.2) is 23.6 Å². The summed E-state index contributed by atoms with van der Waals surface area (Å²) < 4.78 is 0. The Morgan fingerprint density at radius 3 is 2.20 bits per heavy atom. The second kappa shape index (κ2) is 8.09. The van der Waals surface area contributed by atoms with Crippen LogP contribution in [0.4, 0.5) is 0 Å². The van der Waals surface area contributed by atoms with Crippen LogP contribution in [0, 0.1) is 0 Å². The van der Waals surface area contributed by atoms with Gasteiger partial charge in [-0.15, -0.1) is 0 Å². The maximum Gasteiger partial charge on any atom is 0.00968 e. The van der Waals surface area contributed by atoms with Crippen molar-refractivity contribution in [1.82, 2.24) is 5.32 Å². The van der Waals surface area contributed by atoms with Gasteiger partial charge in [0.05, 0.1) is 0 Å². The Bertz CT molecular complexity index is 369. The average Bonchev–Trinajstić information content (AvgIpc) is 2.43. The molecule has 1 nitrogen and oxygen atoms in total. The molecule has 0 aliphatic heterocycles. The van der Waals surface area contributed by atoms with Crippen molar-refractivity contribution in [3.05, 3.63) is 35.9 Å². The predicted octanol–water partition coefficient (Wildman–Crippen LogP) is 4.87. The molecule has 1 rings (SSSR count). The van der Waals surface area contributed by atoms with Crippen LogP contribution >= 0.6 is 11.8 Å². The van der Waals surface area contributed by atoms with Crippen molar-refractivity contribution in [1.29, 1.82) is 0 Å². The van der Waals surface area contributed by atoms with Gasteiger partial charge in [-0.3, -0.25) is 0 Å². The molecule has 0 heterocycles. The van der Waals surface area contributed by atoms with Gasteiger partial charge in [-0.05, 0) is 50.7 Å². The molecule has 0 bridgehead atoms. The minimum absolute atomic E-state index is 0.174. The smallest absolute Gasteiger partial charge is 0.00968 e. The van der Waals surface area contributed by atoms with E-state index in [1.54, 1.807) is 0 Å². The number of benzene rings is 1. The molecule has 0 saturated carbocycles. The monoisotopic (exact) mass is 293 g/mol. The average molecular weight is 294 g/mol. The molecule has 1 N–H and O–H groups in total. The van der Waals surface area contributed by atoms with Crippen LogP contribution in [-0.2, 0) is 5.41 Å². The van der Waals surface area contributed by atoms with Crippen LogP contribution in [0.5, 0.6) is 0 Å². The van der Waals surface area contributed by atoms with E-state index in [0.717, 1.165) is 6.54 Å². The summed E-state index contributed by atoms with van der Waals surface area (Å²) in [6.45, 7) is 12.4. The third kappa shape index (κ3) is 5.49. The van der Waals surface area contributed by atoms with Crippen molar-refractivity contribution in [3.63, 3.8) is 0 Å². The molecule has 114 valence electrons. The van der Waals surface area contributed by atoms with Gasteiger partial charge in [-0.25, -0.2) is 0 Å². The van der Waals surface area contributed by atoms with Crippen LogP contribution in [0.25, 0.3) is 0 Å². The third-order valence-corrected chi connectivity index (χ3v) is 4.85. The van der Waals surface area contributed by atoms with Gasteiger partial charge < -0.3 is 5.32 Å². The summed E-state index contributed by atoms with van der Waals surface area (Å²) in [6, 6.07) is 11.0. The molecule has 0 aliphatic carbocycles. The minimum Gasteiger partial charge on any atom is -0.311 e. The summed E-state index contributed by atoms with van der Waals surface area (Å²) in [5, 5.41) is 3.73. The molecule has 2 heteroatoms. The molecule has 0 radical (unpaired) electrons. The first-order valence-electron chi connectivity index (χ1n) is 7.82. The largest absolute Gasteiger partial charge is 0.311 e. The van der Waals surface area contributed by atoms with Gasteiger partial charge in [-0.2, -0.15) is 11.8 Å². The Morgan fingerprint density at radius 1 is 1.05 bits per heavy atom. The fourth-order valence-corrected chi connectivity index (χ4v) is 3.30. The van der Waals surface area contributed by atoms with Crippen molar-refractivity contribution < 1.29 is 0 Å². The zero-order valence-electron chi connectivity index (χ0n) is 13.8. The number of nitrogens with one attached hydrogen (secondary N) is 1. The first-order chi connectivity index (χ1) is 9.43. The summed E-state index contributed by atoms with van der Waals surface area (Å²) in [5.74, 6) is 2.45. The van der Waals surface area contributed by atoms with Gasteiger partial charge in [0, 0.05) is 17.5 Å². The highest BCUT2D eigenvalue weighted by atomic mass is 32.2. The summed E-state index contributed by atoms with van der Waals surface area (Å²) in [7, 11) is 0. The molecule has 0 fully saturated rings. The minimum atomic E-state index is 0.174. The van der Waals surface area contributed by atoms with Crippen LogP contribution in [0.2, 0.25) is 0 Å². The van der Waals surface area contributed by atoms with Crippen LogP contribution in [0.15, 0.2) is 30.3 Å². The summed E-state index contributed by atoms with van der Waals surface area (Å²) in [5.41, 5.74) is 1.92. The van der Waals surface area contributed by atoms with Crippen molar-refractivity contribution in [3.8, 4) is 0 Å². The fraction of sp³-hybridized carbons (Fsp3) is 0.667. The van der Waals surface area contributed by atoms with E-state index in [0.29, 0.717) is 0 Å². The van der Waals surface area contributed by atoms with E-state index in [1.807, 2.05) is 0 Å². The van der Waals surface area contributed by atoms with Gasteiger partial charge in [0.1, 0.15) is 0 Å². The van der Waals surface area contributed by atoms with E-state index in [2.05, 4.69) is 82.0 Å². The Hall–Kier alpha value is -0.470. The molecule has 0 amide bonds. The topological polar surface area (TPSA) is 12.0 Å². The number of rotatable bonds is 8. The molecule has 1 atom stereocenters. The van der Waals surface area contributed by atoms with Crippen molar-refractivity contribution in [2.75, 3.05) is 18.1 Å². The lowest BCUT2D eigenvalue weighted by Crippen LogP contribution is -2.46. The highest BCUT2D eigenvalue weighted by Gasteiger charge is 2.30. The first kappa shape index (κ1) is 17.6. The number of hydrogen-bond donors (Lipinski definition) is 1. The number of hydrogen-bond acceptors (Lipinski definition) is 2. The fourth-order valence-electron chi connectivity index (χ4n) is 2.48. The molecule has 0 aliphatic rings. The Labute approximate surface area is 129 Å². The highest BCUT2D eigenvalue weighted by molar-refractivity contribution is 7.99. The summed E-state index contributed by atoms with van der Waals surface area (Å²) in [6.07, 6.45) is 2.43. The van der Waals surface area contributed by atoms with Gasteiger partial charge in [0.15, 0.2) is 0 Å². The molecule has 1 aromatic rings. The van der Waals surface area contributed by atoms with Gasteiger partial charge in [-0.1, -0.05) is 44.2 Å². The van der Waals surface area contributed by atoms with Crippen molar-refractivity contribution in [2.45, 2.75) is 58.4 Å². The molecule has 0 aromatic heterocycles. The predicted molar refractivity (Wildman–Crippen MR) is 93.8 cm³/mol. The normalized spacial score (nSPS) is 15.1. The maximum absolute atomic E-state index is 3.73. The molecule has 1 unspecified atom stereocenters. The summed E-state index contributed by atoms with van der Waals surface area (Å²) >= 11 is 2.05. The third-order valence-electron chi connectivity index (χ3n) is 3.95. The first-order valence-corrected chi connectivity index (χ1v) is 8.97. The Balaban J connectivity index is 2.90. The lowest BCUT2D eigenvalue weighted by molar-refractivity contribution is 0.314. The molecule has 1 aromatic carbocycles. The van der Waals surface area contributed by atoms with E-state index in [9.17, 15) is 0 Å². The van der Waals surface area contributed by atoms with E-state index in [4.69, 9.17) is 0 Å². The Kier molecular flexibility index (Phi) is 7.11. The van der Waals surface area contributed by atoms with Crippen molar-refractivity contribution >= 4 is 11.8 Å². The lowest BCUT2D eigenvalue weighted by Gasteiger charge is -2.37. The summed E-state index contributed by atoms with van der Waals surface area (Å²) in [4.78, 5) is 0. The van der Waals surface area contributed by atoms with Crippen LogP contribution in [0.3, 0.4) is 0 Å². The second-order valence-corrected chi connectivity index (χ2v) is 7.94. The van der Waals surface area contributed by atoms with E-state index in [-0.39, 0.29) is 11.0 Å². The molecular formula is C18H31NS. The van der Waals surface area contributed by atoms with Gasteiger partial charge in [0.25, 0.3) is 0 Å². The Morgan fingerprint density at radius 2 is 1.70 bits per heavy atom. The molecule has 0 saturated heterocycles. The molecule has 20 heavy (non-hydrogen) atoms. The standard InChI is InChI=1S/C18H31NS/c1-6-18(13-14-20-7-2,15-19-17(3,4)5)16-11-9-8-10-12-16/h8-12,19H,6-7,13-15H2,1-5H3. The van der Waals surface area contributed by atoms with E-state index < -0.39 is 0 Å². The van der Waals surface area contributed by atoms with E-state index in [1.165, 1.54) is 29.9 Å². The second-order valence-electron chi connectivity index (χ2n) is 6.55. The zero-order chi connectivity index (χ0) is 15.1. The van der Waals surface area contributed by atoms with Gasteiger partial charge in [0.2, 0.25) is 0 Å². The van der Waals surface area contributed by atoms with Crippen LogP contribution < -0.4 is 5.32 Å².